The van der Waals surface area contributed by atoms with Crippen LogP contribution >= 0.6 is 11.8 Å². The van der Waals surface area contributed by atoms with Crippen molar-refractivity contribution in [3.63, 3.8) is 0 Å². The number of hydrogen-bond acceptors (Lipinski definition) is 7. The molecule has 2 heterocycles. The highest BCUT2D eigenvalue weighted by Crippen LogP contribution is 2.26. The first-order chi connectivity index (χ1) is 16.0. The van der Waals surface area contributed by atoms with Gasteiger partial charge in [0.15, 0.2) is 0 Å². The Labute approximate surface area is 196 Å². The summed E-state index contributed by atoms with van der Waals surface area (Å²) < 4.78 is 12.2. The van der Waals surface area contributed by atoms with Gasteiger partial charge in [-0.1, -0.05) is 36.0 Å². The van der Waals surface area contributed by atoms with Crippen LogP contribution in [0.2, 0.25) is 0 Å². The number of thioether (sulfide) groups is 1. The topological polar surface area (TPSA) is 90.6 Å². The van der Waals surface area contributed by atoms with E-state index in [0.29, 0.717) is 10.9 Å². The second kappa shape index (κ2) is 9.91. The second-order valence-electron chi connectivity index (χ2n) is 7.48. The molecule has 9 heteroatoms. The van der Waals surface area contributed by atoms with Gasteiger partial charge in [0.1, 0.15) is 11.5 Å². The molecule has 0 bridgehead atoms. The monoisotopic (exact) mass is 463 g/mol. The molecular weight excluding hydrogens is 438 g/mol. The number of amides is 1. The standard InChI is InChI=1S/C24H25N5O3S/c1-15-13-16(2)29-23(25-15)27-24(28-29)33-14-21(30)26-22(17-5-9-19(31-3)10-6-17)18-7-11-20(32-4)12-8-18/h5-13,22H,14H2,1-4H3,(H,26,30). The molecule has 1 amide bonds. The van der Waals surface area contributed by atoms with E-state index in [2.05, 4.69) is 20.4 Å². The number of methoxy groups -OCH3 is 2. The van der Waals surface area contributed by atoms with E-state index in [1.165, 1.54) is 11.8 Å². The van der Waals surface area contributed by atoms with Crippen molar-refractivity contribution in [2.24, 2.45) is 0 Å². The molecule has 0 aliphatic heterocycles. The number of carbonyl (C=O) groups excluding carboxylic acids is 1. The molecule has 0 fully saturated rings. The lowest BCUT2D eigenvalue weighted by Crippen LogP contribution is -2.30. The minimum absolute atomic E-state index is 0.128. The molecule has 33 heavy (non-hydrogen) atoms. The lowest BCUT2D eigenvalue weighted by atomic mass is 9.98. The molecule has 0 aliphatic rings. The fourth-order valence-corrected chi connectivity index (χ4v) is 4.12. The Morgan fingerprint density at radius 2 is 1.55 bits per heavy atom. The third-order valence-electron chi connectivity index (χ3n) is 5.13. The zero-order valence-electron chi connectivity index (χ0n) is 18.9. The third kappa shape index (κ3) is 5.25. The van der Waals surface area contributed by atoms with Gasteiger partial charge >= 0.3 is 0 Å². The van der Waals surface area contributed by atoms with Gasteiger partial charge in [-0.25, -0.2) is 9.50 Å². The van der Waals surface area contributed by atoms with Crippen molar-refractivity contribution in [2.75, 3.05) is 20.0 Å². The largest absolute Gasteiger partial charge is 0.497 e. The van der Waals surface area contributed by atoms with E-state index >= 15 is 0 Å². The summed E-state index contributed by atoms with van der Waals surface area (Å²) in [6, 6.07) is 16.9. The minimum Gasteiger partial charge on any atom is -0.497 e. The minimum atomic E-state index is -0.324. The Hall–Kier alpha value is -3.59. The van der Waals surface area contributed by atoms with E-state index in [-0.39, 0.29) is 17.7 Å². The molecule has 2 aromatic heterocycles. The number of nitrogens with one attached hydrogen (secondary N) is 1. The lowest BCUT2D eigenvalue weighted by Gasteiger charge is -2.20. The van der Waals surface area contributed by atoms with Crippen LogP contribution in [0.5, 0.6) is 11.5 Å². The van der Waals surface area contributed by atoms with Crippen molar-refractivity contribution in [3.8, 4) is 11.5 Å². The highest BCUT2D eigenvalue weighted by Gasteiger charge is 2.18. The van der Waals surface area contributed by atoms with E-state index < -0.39 is 0 Å². The molecule has 4 aromatic rings. The van der Waals surface area contributed by atoms with Crippen molar-refractivity contribution in [1.29, 1.82) is 0 Å². The first kappa shape index (κ1) is 22.6. The summed E-state index contributed by atoms with van der Waals surface area (Å²) in [6.45, 7) is 3.87. The van der Waals surface area contributed by atoms with Gasteiger partial charge in [0.2, 0.25) is 11.1 Å². The van der Waals surface area contributed by atoms with Crippen LogP contribution in [0.1, 0.15) is 28.6 Å². The predicted octanol–water partition coefficient (Wildman–Crippen LogP) is 3.76. The number of aromatic nitrogens is 4. The Kier molecular flexibility index (Phi) is 6.79. The fourth-order valence-electron chi connectivity index (χ4n) is 3.49. The SMILES string of the molecule is COc1ccc(C(NC(=O)CSc2nc3nc(C)cc(C)n3n2)c2ccc(OC)cc2)cc1. The second-order valence-corrected chi connectivity index (χ2v) is 8.42. The summed E-state index contributed by atoms with van der Waals surface area (Å²) in [5.74, 6) is 2.09. The van der Waals surface area contributed by atoms with Gasteiger partial charge in [-0.15, -0.1) is 5.10 Å². The maximum absolute atomic E-state index is 12.9. The van der Waals surface area contributed by atoms with E-state index in [9.17, 15) is 4.79 Å². The molecule has 4 rings (SSSR count). The molecule has 1 N–H and O–H groups in total. The van der Waals surface area contributed by atoms with Crippen LogP contribution in [0.15, 0.2) is 59.8 Å². The molecule has 2 aromatic carbocycles. The maximum Gasteiger partial charge on any atom is 0.253 e. The van der Waals surface area contributed by atoms with E-state index in [1.54, 1.807) is 18.7 Å². The molecule has 0 unspecified atom stereocenters. The summed E-state index contributed by atoms with van der Waals surface area (Å²) in [5.41, 5.74) is 3.71. The number of rotatable bonds is 8. The molecule has 0 radical (unpaired) electrons. The van der Waals surface area contributed by atoms with E-state index in [0.717, 1.165) is 34.0 Å². The van der Waals surface area contributed by atoms with Gasteiger partial charge in [0, 0.05) is 11.4 Å². The number of hydrogen-bond donors (Lipinski definition) is 1. The number of ether oxygens (including phenoxy) is 2. The van der Waals surface area contributed by atoms with Gasteiger partial charge in [-0.3, -0.25) is 4.79 Å². The Morgan fingerprint density at radius 1 is 0.970 bits per heavy atom. The summed E-state index contributed by atoms with van der Waals surface area (Å²) >= 11 is 1.28. The highest BCUT2D eigenvalue weighted by molar-refractivity contribution is 7.99. The fraction of sp³-hybridized carbons (Fsp3) is 0.250. The van der Waals surface area contributed by atoms with Crippen molar-refractivity contribution >= 4 is 23.4 Å². The van der Waals surface area contributed by atoms with E-state index in [4.69, 9.17) is 9.47 Å². The predicted molar refractivity (Wildman–Crippen MR) is 127 cm³/mol. The van der Waals surface area contributed by atoms with Crippen LogP contribution in [0.3, 0.4) is 0 Å². The Balaban J connectivity index is 1.51. The van der Waals surface area contributed by atoms with Gasteiger partial charge in [0.05, 0.1) is 26.0 Å². The average Bonchev–Trinajstić information content (AvgIpc) is 3.25. The van der Waals surface area contributed by atoms with Gasteiger partial charge in [-0.2, -0.15) is 4.98 Å². The van der Waals surface area contributed by atoms with Crippen molar-refractivity contribution in [1.82, 2.24) is 24.9 Å². The number of benzene rings is 2. The van der Waals surface area contributed by atoms with Gasteiger partial charge < -0.3 is 14.8 Å². The Bertz CT molecular complexity index is 1210. The summed E-state index contributed by atoms with van der Waals surface area (Å²) in [4.78, 5) is 21.7. The maximum atomic E-state index is 12.9. The van der Waals surface area contributed by atoms with Gasteiger partial charge in [-0.05, 0) is 55.3 Å². The molecule has 170 valence electrons. The molecule has 0 saturated carbocycles. The van der Waals surface area contributed by atoms with Crippen LogP contribution in [0, 0.1) is 13.8 Å². The molecular formula is C24H25N5O3S. The zero-order valence-corrected chi connectivity index (χ0v) is 19.7. The number of aryl methyl sites for hydroxylation is 2. The highest BCUT2D eigenvalue weighted by atomic mass is 32.2. The smallest absolute Gasteiger partial charge is 0.253 e. The third-order valence-corrected chi connectivity index (χ3v) is 5.97. The zero-order chi connectivity index (χ0) is 23.4. The molecule has 0 saturated heterocycles. The van der Waals surface area contributed by atoms with Crippen molar-refractivity contribution < 1.29 is 14.3 Å². The van der Waals surface area contributed by atoms with Crippen LogP contribution < -0.4 is 14.8 Å². The lowest BCUT2D eigenvalue weighted by molar-refractivity contribution is -0.119. The summed E-state index contributed by atoms with van der Waals surface area (Å²) in [5, 5.41) is 8.10. The van der Waals surface area contributed by atoms with Gasteiger partial charge in [0.25, 0.3) is 5.78 Å². The molecule has 0 aliphatic carbocycles. The van der Waals surface area contributed by atoms with E-state index in [1.807, 2.05) is 68.4 Å². The molecule has 0 spiro atoms. The molecule has 8 nitrogen and oxygen atoms in total. The Morgan fingerprint density at radius 3 is 2.09 bits per heavy atom. The van der Waals surface area contributed by atoms with Crippen LogP contribution in [0.25, 0.3) is 5.78 Å². The summed E-state index contributed by atoms with van der Waals surface area (Å²) in [6.07, 6.45) is 0. The average molecular weight is 464 g/mol. The normalized spacial score (nSPS) is 11.1. The molecule has 0 atom stereocenters. The van der Waals surface area contributed by atoms with Crippen LogP contribution in [-0.2, 0) is 4.79 Å². The quantitative estimate of drug-likeness (QED) is 0.398. The first-order valence-corrected chi connectivity index (χ1v) is 11.4. The number of nitrogens with zero attached hydrogens (tertiary/aromatic N) is 4. The van der Waals surface area contributed by atoms with Crippen molar-refractivity contribution in [2.45, 2.75) is 25.0 Å². The first-order valence-electron chi connectivity index (χ1n) is 10.4. The van der Waals surface area contributed by atoms with Crippen molar-refractivity contribution in [3.05, 3.63) is 77.1 Å². The number of carbonyl (C=O) groups is 1. The van der Waals surface area contributed by atoms with Crippen LogP contribution in [0.4, 0.5) is 0 Å². The van der Waals surface area contributed by atoms with Crippen LogP contribution in [-0.4, -0.2) is 45.5 Å². The number of fused-ring (bicyclic) bond motifs is 1. The summed E-state index contributed by atoms with van der Waals surface area (Å²) in [7, 11) is 3.25.